The Bertz CT molecular complexity index is 790. The number of aryl methyl sites for hydroxylation is 2. The van der Waals surface area contributed by atoms with Crippen LogP contribution in [0.5, 0.6) is 5.75 Å². The van der Waals surface area contributed by atoms with Gasteiger partial charge in [0.2, 0.25) is 0 Å². The summed E-state index contributed by atoms with van der Waals surface area (Å²) < 4.78 is 8.28. The summed E-state index contributed by atoms with van der Waals surface area (Å²) in [4.78, 5) is 4.59. The molecule has 6 heteroatoms. The molecule has 1 aromatic carbocycles. The van der Waals surface area contributed by atoms with Crippen molar-refractivity contribution >= 4 is 26.7 Å². The lowest BCUT2D eigenvalue weighted by Crippen LogP contribution is -2.01. The molecule has 0 saturated heterocycles. The summed E-state index contributed by atoms with van der Waals surface area (Å²) in [6, 6.07) is 5.93. The zero-order chi connectivity index (χ0) is 15.0. The Balaban J connectivity index is 1.82. The lowest BCUT2D eigenvalue weighted by Gasteiger charge is -2.03. The van der Waals surface area contributed by atoms with Crippen LogP contribution in [0.3, 0.4) is 0 Å². The average Bonchev–Trinajstić information content (AvgIpc) is 2.98. The van der Waals surface area contributed by atoms with Crippen LogP contribution in [0.1, 0.15) is 17.0 Å². The minimum atomic E-state index is 0.739. The van der Waals surface area contributed by atoms with E-state index in [9.17, 15) is 0 Å². The van der Waals surface area contributed by atoms with Crippen molar-refractivity contribution < 1.29 is 4.74 Å². The number of rotatable bonds is 4. The van der Waals surface area contributed by atoms with Gasteiger partial charge >= 0.3 is 0 Å². The highest BCUT2D eigenvalue weighted by Crippen LogP contribution is 2.29. The van der Waals surface area contributed by atoms with Gasteiger partial charge in [0.15, 0.2) is 5.13 Å². The van der Waals surface area contributed by atoms with Gasteiger partial charge in [-0.2, -0.15) is 5.10 Å². The third-order valence-corrected chi connectivity index (χ3v) is 4.65. The normalized spacial score (nSPS) is 11.0. The zero-order valence-corrected chi connectivity index (χ0v) is 13.4. The average molecular weight is 302 g/mol. The number of benzene rings is 1. The van der Waals surface area contributed by atoms with Gasteiger partial charge in [0.25, 0.3) is 0 Å². The number of anilines is 1. The molecule has 0 spiro atoms. The largest absolute Gasteiger partial charge is 0.497 e. The van der Waals surface area contributed by atoms with Crippen LogP contribution in [0.25, 0.3) is 10.2 Å². The molecule has 0 unspecified atom stereocenters. The molecule has 3 rings (SSSR count). The van der Waals surface area contributed by atoms with Crippen molar-refractivity contribution in [1.29, 1.82) is 0 Å². The van der Waals surface area contributed by atoms with Crippen LogP contribution in [0.2, 0.25) is 0 Å². The molecule has 0 fully saturated rings. The second-order valence-electron chi connectivity index (χ2n) is 4.98. The first kappa shape index (κ1) is 13.9. The number of methoxy groups -OCH3 is 1. The first-order valence-electron chi connectivity index (χ1n) is 6.76. The van der Waals surface area contributed by atoms with E-state index >= 15 is 0 Å². The van der Waals surface area contributed by atoms with Crippen molar-refractivity contribution in [3.63, 3.8) is 0 Å². The second-order valence-corrected chi connectivity index (χ2v) is 6.01. The summed E-state index contributed by atoms with van der Waals surface area (Å²) in [5.41, 5.74) is 4.46. The third-order valence-electron chi connectivity index (χ3n) is 3.67. The van der Waals surface area contributed by atoms with Crippen LogP contribution in [0.4, 0.5) is 5.13 Å². The van der Waals surface area contributed by atoms with E-state index in [-0.39, 0.29) is 0 Å². The highest BCUT2D eigenvalue weighted by molar-refractivity contribution is 7.22. The molecule has 0 aliphatic rings. The first-order valence-corrected chi connectivity index (χ1v) is 7.57. The minimum Gasteiger partial charge on any atom is -0.497 e. The summed E-state index contributed by atoms with van der Waals surface area (Å²) in [5.74, 6) is 0.858. The molecular formula is C15H18N4OS. The fraction of sp³-hybridized carbons (Fsp3) is 0.333. The van der Waals surface area contributed by atoms with Gasteiger partial charge in [-0.05, 0) is 32.0 Å². The van der Waals surface area contributed by atoms with Crippen molar-refractivity contribution in [2.24, 2.45) is 7.05 Å². The molecule has 5 nitrogen and oxygen atoms in total. The summed E-state index contributed by atoms with van der Waals surface area (Å²) in [5, 5.41) is 8.75. The topological polar surface area (TPSA) is 52.0 Å². The van der Waals surface area contributed by atoms with Crippen molar-refractivity contribution in [2.45, 2.75) is 20.4 Å². The molecule has 3 aromatic rings. The standard InChI is InChI=1S/C15H18N4OS/c1-9-12(10(2)19(3)18-9)8-16-15-17-13-6-5-11(20-4)7-14(13)21-15/h5-7H,8H2,1-4H3,(H,16,17). The molecule has 110 valence electrons. The predicted octanol–water partition coefficient (Wildman–Crippen LogP) is 3.27. The minimum absolute atomic E-state index is 0.739. The van der Waals surface area contributed by atoms with Crippen LogP contribution in [-0.4, -0.2) is 21.9 Å². The lowest BCUT2D eigenvalue weighted by atomic mass is 10.2. The Labute approximate surface area is 127 Å². The van der Waals surface area contributed by atoms with Gasteiger partial charge in [-0.25, -0.2) is 4.98 Å². The molecule has 0 aliphatic carbocycles. The smallest absolute Gasteiger partial charge is 0.184 e. The van der Waals surface area contributed by atoms with E-state index in [1.807, 2.05) is 36.9 Å². The van der Waals surface area contributed by atoms with Crippen molar-refractivity contribution in [3.05, 3.63) is 35.2 Å². The van der Waals surface area contributed by atoms with Gasteiger partial charge in [0.1, 0.15) is 5.75 Å². The van der Waals surface area contributed by atoms with Crippen LogP contribution in [-0.2, 0) is 13.6 Å². The van der Waals surface area contributed by atoms with Gasteiger partial charge in [0.05, 0.1) is 23.0 Å². The summed E-state index contributed by atoms with van der Waals surface area (Å²) >= 11 is 1.64. The molecule has 21 heavy (non-hydrogen) atoms. The lowest BCUT2D eigenvalue weighted by molar-refractivity contribution is 0.415. The molecule has 2 heterocycles. The fourth-order valence-electron chi connectivity index (χ4n) is 2.34. The molecule has 0 radical (unpaired) electrons. The van der Waals surface area contributed by atoms with Crippen LogP contribution >= 0.6 is 11.3 Å². The highest BCUT2D eigenvalue weighted by Gasteiger charge is 2.10. The van der Waals surface area contributed by atoms with E-state index in [0.717, 1.165) is 33.3 Å². The number of nitrogens with one attached hydrogen (secondary N) is 1. The number of aromatic nitrogens is 3. The Morgan fingerprint density at radius 3 is 2.81 bits per heavy atom. The fourth-order valence-corrected chi connectivity index (χ4v) is 3.23. The van der Waals surface area contributed by atoms with Crippen molar-refractivity contribution in [3.8, 4) is 5.75 Å². The quantitative estimate of drug-likeness (QED) is 0.803. The van der Waals surface area contributed by atoms with Gasteiger partial charge in [0, 0.05) is 24.8 Å². The first-order chi connectivity index (χ1) is 10.1. The molecular weight excluding hydrogens is 284 g/mol. The maximum Gasteiger partial charge on any atom is 0.184 e. The van der Waals surface area contributed by atoms with Crippen LogP contribution in [0.15, 0.2) is 18.2 Å². The van der Waals surface area contributed by atoms with Gasteiger partial charge < -0.3 is 10.1 Å². The molecule has 0 saturated carbocycles. The Morgan fingerprint density at radius 2 is 2.14 bits per heavy atom. The molecule has 0 aliphatic heterocycles. The molecule has 0 amide bonds. The third kappa shape index (κ3) is 2.58. The second kappa shape index (κ2) is 5.37. The van der Waals surface area contributed by atoms with Gasteiger partial charge in [-0.3, -0.25) is 4.68 Å². The highest BCUT2D eigenvalue weighted by atomic mass is 32.1. The molecule has 2 aromatic heterocycles. The van der Waals surface area contributed by atoms with E-state index in [4.69, 9.17) is 4.74 Å². The van der Waals surface area contributed by atoms with Crippen molar-refractivity contribution in [1.82, 2.24) is 14.8 Å². The van der Waals surface area contributed by atoms with E-state index < -0.39 is 0 Å². The Morgan fingerprint density at radius 1 is 1.33 bits per heavy atom. The predicted molar refractivity (Wildman–Crippen MR) is 86.2 cm³/mol. The van der Waals surface area contributed by atoms with E-state index in [1.54, 1.807) is 18.4 Å². The summed E-state index contributed by atoms with van der Waals surface area (Å²) in [7, 11) is 3.64. The number of ether oxygens (including phenoxy) is 1. The van der Waals surface area contributed by atoms with Crippen LogP contribution < -0.4 is 10.1 Å². The van der Waals surface area contributed by atoms with Crippen molar-refractivity contribution in [2.75, 3.05) is 12.4 Å². The molecule has 0 atom stereocenters. The number of fused-ring (bicyclic) bond motifs is 1. The van der Waals surface area contributed by atoms with Gasteiger partial charge in [-0.1, -0.05) is 11.3 Å². The van der Waals surface area contributed by atoms with E-state index in [0.29, 0.717) is 0 Å². The summed E-state index contributed by atoms with van der Waals surface area (Å²) in [6.45, 7) is 4.86. The number of hydrogen-bond acceptors (Lipinski definition) is 5. The Kier molecular flexibility index (Phi) is 3.55. The van der Waals surface area contributed by atoms with E-state index in [1.165, 1.54) is 11.3 Å². The summed E-state index contributed by atoms with van der Waals surface area (Å²) in [6.07, 6.45) is 0. The zero-order valence-electron chi connectivity index (χ0n) is 12.6. The van der Waals surface area contributed by atoms with Gasteiger partial charge in [-0.15, -0.1) is 0 Å². The molecule has 0 bridgehead atoms. The number of hydrogen-bond donors (Lipinski definition) is 1. The monoisotopic (exact) mass is 302 g/mol. The molecule has 1 N–H and O–H groups in total. The van der Waals surface area contributed by atoms with E-state index in [2.05, 4.69) is 22.3 Å². The number of nitrogens with zero attached hydrogens (tertiary/aromatic N) is 3. The van der Waals surface area contributed by atoms with Crippen LogP contribution in [0, 0.1) is 13.8 Å². The number of thiazole rings is 1. The Hall–Kier alpha value is -2.08. The maximum atomic E-state index is 5.24. The SMILES string of the molecule is COc1ccc2nc(NCc3c(C)nn(C)c3C)sc2c1. The maximum absolute atomic E-state index is 5.24.